The van der Waals surface area contributed by atoms with Crippen molar-refractivity contribution in [2.24, 2.45) is 5.92 Å². The van der Waals surface area contributed by atoms with Crippen molar-refractivity contribution in [2.75, 3.05) is 24.7 Å². The average Bonchev–Trinajstić information content (AvgIpc) is 2.55. The lowest BCUT2D eigenvalue weighted by molar-refractivity contribution is -0.121. The molecule has 0 aliphatic heterocycles. The van der Waals surface area contributed by atoms with E-state index >= 15 is 0 Å². The summed E-state index contributed by atoms with van der Waals surface area (Å²) in [5.74, 6) is -0.157. The molecule has 0 radical (unpaired) electrons. The summed E-state index contributed by atoms with van der Waals surface area (Å²) in [6, 6.07) is 10.1. The van der Waals surface area contributed by atoms with Gasteiger partial charge in [-0.15, -0.1) is 0 Å². The van der Waals surface area contributed by atoms with E-state index < -0.39 is 0 Å². The fourth-order valence-corrected chi connectivity index (χ4v) is 2.73. The van der Waals surface area contributed by atoms with Crippen LogP contribution >= 0.6 is 0 Å². The summed E-state index contributed by atoms with van der Waals surface area (Å²) in [5.41, 5.74) is 1.74. The highest BCUT2D eigenvalue weighted by atomic mass is 16.2. The average molecular weight is 340 g/mol. The molecular formula is C19H24N4O2. The second-order valence-corrected chi connectivity index (χ2v) is 6.41. The first-order valence-electron chi connectivity index (χ1n) is 8.17. The van der Waals surface area contributed by atoms with E-state index in [1.54, 1.807) is 48.8 Å². The van der Waals surface area contributed by atoms with Gasteiger partial charge in [-0.2, -0.15) is 0 Å². The molecule has 0 fully saturated rings. The van der Waals surface area contributed by atoms with Crippen molar-refractivity contribution in [3.8, 4) is 0 Å². The van der Waals surface area contributed by atoms with Gasteiger partial charge in [-0.3, -0.25) is 19.5 Å². The molecule has 2 aromatic rings. The fourth-order valence-electron chi connectivity index (χ4n) is 2.73. The Bertz CT molecular complexity index is 721. The second-order valence-electron chi connectivity index (χ2n) is 6.41. The van der Waals surface area contributed by atoms with Crippen LogP contribution in [0.2, 0.25) is 0 Å². The molecule has 1 atom stereocenters. The van der Waals surface area contributed by atoms with Gasteiger partial charge in [-0.25, -0.2) is 0 Å². The number of benzene rings is 1. The second kappa shape index (κ2) is 8.39. The zero-order chi connectivity index (χ0) is 18.4. The third-order valence-corrected chi connectivity index (χ3v) is 3.79. The molecule has 0 saturated carbocycles. The van der Waals surface area contributed by atoms with Gasteiger partial charge in [0.1, 0.15) is 0 Å². The molecule has 1 heterocycles. The summed E-state index contributed by atoms with van der Waals surface area (Å²) >= 11 is 0. The number of carbonyl (C=O) groups excluding carboxylic acids is 2. The van der Waals surface area contributed by atoms with E-state index in [9.17, 15) is 9.59 Å². The predicted molar refractivity (Wildman–Crippen MR) is 99.6 cm³/mol. The Morgan fingerprint density at radius 1 is 1.00 bits per heavy atom. The first-order chi connectivity index (χ1) is 11.9. The predicted octanol–water partition coefficient (Wildman–Crippen LogP) is 2.86. The molecule has 1 aromatic carbocycles. The highest BCUT2D eigenvalue weighted by Gasteiger charge is 2.24. The van der Waals surface area contributed by atoms with Crippen LogP contribution in [0.3, 0.4) is 0 Å². The number of rotatable bonds is 6. The van der Waals surface area contributed by atoms with Crippen LogP contribution in [0.5, 0.6) is 0 Å². The summed E-state index contributed by atoms with van der Waals surface area (Å²) in [7, 11) is 3.76. The number of amides is 2. The standard InChI is InChI=1S/C19H24N4O2/c1-13(2)17(23(3)4)19(25)22-16-7-5-6-14(12-16)18(24)21-15-8-10-20-11-9-15/h5-13,17H,1-4H3,(H,22,25)(H,20,21,24)/t17-/m1/s1. The van der Waals surface area contributed by atoms with Crippen LogP contribution < -0.4 is 10.6 Å². The molecule has 2 amide bonds. The molecule has 1 aromatic heterocycles. The minimum atomic E-state index is -0.241. The van der Waals surface area contributed by atoms with Gasteiger partial charge in [0.05, 0.1) is 6.04 Å². The molecule has 0 bridgehead atoms. The van der Waals surface area contributed by atoms with Gasteiger partial charge < -0.3 is 10.6 Å². The molecule has 2 rings (SSSR count). The minimum Gasteiger partial charge on any atom is -0.325 e. The van der Waals surface area contributed by atoms with E-state index in [0.29, 0.717) is 16.9 Å². The molecule has 25 heavy (non-hydrogen) atoms. The van der Waals surface area contributed by atoms with Gasteiger partial charge >= 0.3 is 0 Å². The summed E-state index contributed by atoms with van der Waals surface area (Å²) in [6.07, 6.45) is 3.22. The van der Waals surface area contributed by atoms with Gasteiger partial charge in [0.2, 0.25) is 5.91 Å². The van der Waals surface area contributed by atoms with Crippen LogP contribution in [0.1, 0.15) is 24.2 Å². The SMILES string of the molecule is CC(C)[C@H](C(=O)Nc1cccc(C(=O)Nc2ccncc2)c1)N(C)C. The van der Waals surface area contributed by atoms with Gasteiger partial charge in [0.25, 0.3) is 5.91 Å². The van der Waals surface area contributed by atoms with Gasteiger partial charge in [0, 0.05) is 29.3 Å². The van der Waals surface area contributed by atoms with Crippen molar-refractivity contribution in [2.45, 2.75) is 19.9 Å². The van der Waals surface area contributed by atoms with E-state index in [-0.39, 0.29) is 23.8 Å². The van der Waals surface area contributed by atoms with Crippen LogP contribution in [0.4, 0.5) is 11.4 Å². The number of pyridine rings is 1. The van der Waals surface area contributed by atoms with Gasteiger partial charge in [-0.05, 0) is 50.3 Å². The Kier molecular flexibility index (Phi) is 6.25. The zero-order valence-corrected chi connectivity index (χ0v) is 15.0. The Hall–Kier alpha value is -2.73. The van der Waals surface area contributed by atoms with Crippen molar-refractivity contribution >= 4 is 23.2 Å². The minimum absolute atomic E-state index is 0.0910. The molecule has 6 nitrogen and oxygen atoms in total. The third-order valence-electron chi connectivity index (χ3n) is 3.79. The van der Waals surface area contributed by atoms with Crippen molar-refractivity contribution in [3.05, 3.63) is 54.4 Å². The highest BCUT2D eigenvalue weighted by molar-refractivity contribution is 6.05. The van der Waals surface area contributed by atoms with E-state index in [1.165, 1.54) is 0 Å². The van der Waals surface area contributed by atoms with E-state index in [2.05, 4.69) is 15.6 Å². The Morgan fingerprint density at radius 3 is 2.28 bits per heavy atom. The van der Waals surface area contributed by atoms with Gasteiger partial charge in [-0.1, -0.05) is 19.9 Å². The largest absolute Gasteiger partial charge is 0.325 e. The lowest BCUT2D eigenvalue weighted by Crippen LogP contribution is -2.43. The number of nitrogens with zero attached hydrogens (tertiary/aromatic N) is 2. The normalized spacial score (nSPS) is 12.1. The summed E-state index contributed by atoms with van der Waals surface area (Å²) in [4.78, 5) is 30.7. The third kappa shape index (κ3) is 5.12. The summed E-state index contributed by atoms with van der Waals surface area (Å²) < 4.78 is 0. The lowest BCUT2D eigenvalue weighted by atomic mass is 10.0. The number of hydrogen-bond acceptors (Lipinski definition) is 4. The number of nitrogens with one attached hydrogen (secondary N) is 2. The number of anilines is 2. The smallest absolute Gasteiger partial charge is 0.255 e. The maximum Gasteiger partial charge on any atom is 0.255 e. The summed E-state index contributed by atoms with van der Waals surface area (Å²) in [5, 5.41) is 5.69. The molecule has 6 heteroatoms. The van der Waals surface area contributed by atoms with Crippen molar-refractivity contribution in [1.29, 1.82) is 0 Å². The first-order valence-corrected chi connectivity index (χ1v) is 8.17. The van der Waals surface area contributed by atoms with Crippen LogP contribution in [0.25, 0.3) is 0 Å². The summed E-state index contributed by atoms with van der Waals surface area (Å²) in [6.45, 7) is 4.01. The Morgan fingerprint density at radius 2 is 1.68 bits per heavy atom. The molecule has 0 spiro atoms. The molecule has 132 valence electrons. The lowest BCUT2D eigenvalue weighted by Gasteiger charge is -2.26. The molecule has 0 aliphatic carbocycles. The number of likely N-dealkylation sites (N-methyl/N-ethyl adjacent to an activating group) is 1. The number of hydrogen-bond donors (Lipinski definition) is 2. The maximum absolute atomic E-state index is 12.5. The monoisotopic (exact) mass is 340 g/mol. The van der Waals surface area contributed by atoms with E-state index in [4.69, 9.17) is 0 Å². The van der Waals surface area contributed by atoms with Crippen LogP contribution in [0.15, 0.2) is 48.8 Å². The van der Waals surface area contributed by atoms with E-state index in [0.717, 1.165) is 0 Å². The highest BCUT2D eigenvalue weighted by Crippen LogP contribution is 2.16. The van der Waals surface area contributed by atoms with E-state index in [1.807, 2.05) is 32.8 Å². The van der Waals surface area contributed by atoms with Gasteiger partial charge in [0.15, 0.2) is 0 Å². The van der Waals surface area contributed by atoms with Crippen LogP contribution in [-0.2, 0) is 4.79 Å². The van der Waals surface area contributed by atoms with Crippen LogP contribution in [0, 0.1) is 5.92 Å². The Labute approximate surface area is 148 Å². The molecular weight excluding hydrogens is 316 g/mol. The first kappa shape index (κ1) is 18.6. The van der Waals surface area contributed by atoms with Crippen molar-refractivity contribution in [3.63, 3.8) is 0 Å². The quantitative estimate of drug-likeness (QED) is 0.848. The van der Waals surface area contributed by atoms with Crippen molar-refractivity contribution < 1.29 is 9.59 Å². The molecule has 0 aliphatic rings. The molecule has 2 N–H and O–H groups in total. The van der Waals surface area contributed by atoms with Crippen molar-refractivity contribution in [1.82, 2.24) is 9.88 Å². The maximum atomic E-state index is 12.5. The Balaban J connectivity index is 2.10. The fraction of sp³-hybridized carbons (Fsp3) is 0.316. The molecule has 0 unspecified atom stereocenters. The molecule has 0 saturated heterocycles. The number of aromatic nitrogens is 1. The topological polar surface area (TPSA) is 74.3 Å². The van der Waals surface area contributed by atoms with Crippen LogP contribution in [-0.4, -0.2) is 41.8 Å². The zero-order valence-electron chi connectivity index (χ0n) is 15.0. The number of carbonyl (C=O) groups is 2.